The largest absolute Gasteiger partial charge is 0.381 e. The predicted molar refractivity (Wildman–Crippen MR) is 137 cm³/mol. The van der Waals surface area contributed by atoms with Crippen LogP contribution >= 0.6 is 11.6 Å². The first-order chi connectivity index (χ1) is 17.9. The molecule has 1 aromatic carbocycles. The van der Waals surface area contributed by atoms with Gasteiger partial charge in [-0.15, -0.1) is 0 Å². The van der Waals surface area contributed by atoms with Crippen LogP contribution in [0.4, 0.5) is 22.0 Å². The van der Waals surface area contributed by atoms with Gasteiger partial charge in [0, 0.05) is 31.2 Å². The Labute approximate surface area is 218 Å². The van der Waals surface area contributed by atoms with Crippen molar-refractivity contribution in [3.05, 3.63) is 34.7 Å². The van der Waals surface area contributed by atoms with Gasteiger partial charge in [-0.3, -0.25) is 9.36 Å². The van der Waals surface area contributed by atoms with Gasteiger partial charge in [0.2, 0.25) is 17.8 Å². The van der Waals surface area contributed by atoms with Crippen molar-refractivity contribution in [3.8, 4) is 6.07 Å². The predicted octanol–water partition coefficient (Wildman–Crippen LogP) is 4.43. The van der Waals surface area contributed by atoms with E-state index in [4.69, 9.17) is 32.3 Å². The molecule has 5 rings (SSSR count). The molecule has 1 unspecified atom stereocenters. The zero-order chi connectivity index (χ0) is 25.9. The molecule has 37 heavy (non-hydrogen) atoms. The van der Waals surface area contributed by atoms with E-state index >= 15 is 0 Å². The lowest BCUT2D eigenvalue weighted by Crippen LogP contribution is -2.29. The average Bonchev–Trinajstić information content (AvgIpc) is 3.04. The minimum atomic E-state index is -0.663. The van der Waals surface area contributed by atoms with Crippen LogP contribution in [0.25, 0.3) is 11.2 Å². The third-order valence-corrected chi connectivity index (χ3v) is 7.39. The summed E-state index contributed by atoms with van der Waals surface area (Å²) in [6.45, 7) is 1.44. The molecule has 1 aliphatic heterocycles. The van der Waals surface area contributed by atoms with Crippen LogP contribution in [0, 0.1) is 23.1 Å². The normalized spacial score (nSPS) is 22.2. The lowest BCUT2D eigenvalue weighted by atomic mass is 9.85. The van der Waals surface area contributed by atoms with E-state index in [0.29, 0.717) is 55.4 Å². The van der Waals surface area contributed by atoms with Crippen LogP contribution in [-0.4, -0.2) is 44.7 Å². The van der Waals surface area contributed by atoms with Gasteiger partial charge in [-0.05, 0) is 57.1 Å². The highest BCUT2D eigenvalue weighted by molar-refractivity contribution is 6.33. The van der Waals surface area contributed by atoms with Crippen LogP contribution in [0.2, 0.25) is 5.02 Å². The molecule has 3 heterocycles. The average molecular weight is 527 g/mol. The Bertz CT molecular complexity index is 1320. The second kappa shape index (κ2) is 10.9. The van der Waals surface area contributed by atoms with E-state index < -0.39 is 5.82 Å². The Balaban J connectivity index is 1.52. The number of carbonyl (C=O) groups is 1. The molecule has 10 nitrogen and oxygen atoms in total. The van der Waals surface area contributed by atoms with Gasteiger partial charge in [-0.25, -0.2) is 14.4 Å². The van der Waals surface area contributed by atoms with Crippen LogP contribution in [-0.2, 0) is 9.53 Å². The Morgan fingerprint density at radius 3 is 2.73 bits per heavy atom. The summed E-state index contributed by atoms with van der Waals surface area (Å²) in [5.74, 6) is -0.279. The van der Waals surface area contributed by atoms with Crippen molar-refractivity contribution in [2.75, 3.05) is 23.8 Å². The number of nitrogens with two attached hydrogens (primary N) is 1. The zero-order valence-corrected chi connectivity index (χ0v) is 21.0. The number of ether oxygens (including phenoxy) is 1. The highest BCUT2D eigenvalue weighted by Crippen LogP contribution is 2.38. The van der Waals surface area contributed by atoms with Gasteiger partial charge in [-0.1, -0.05) is 11.6 Å². The molecule has 0 radical (unpaired) electrons. The number of imidazole rings is 1. The molecule has 1 aliphatic carbocycles. The van der Waals surface area contributed by atoms with Crippen molar-refractivity contribution in [1.29, 1.82) is 5.26 Å². The number of aromatic nitrogens is 4. The maximum absolute atomic E-state index is 14.9. The summed E-state index contributed by atoms with van der Waals surface area (Å²) < 4.78 is 22.4. The first kappa shape index (κ1) is 25.2. The summed E-state index contributed by atoms with van der Waals surface area (Å²) in [7, 11) is 0. The Morgan fingerprint density at radius 1 is 1.19 bits per heavy atom. The minimum absolute atomic E-state index is 0.0211. The fraction of sp³-hybridized carbons (Fsp3) is 0.480. The standard InChI is InChI=1S/C25H28ClFN8O2/c26-18-10-14(12-28)11-19(27)21(18)33-25-32-20-13-30-24(31-16-2-1-8-37-9-7-16)34-23(20)35(25)17-5-3-15(4-6-17)22(29)36/h10-11,13,15-17H,1-9H2,(H2,29,36)(H,32,33)(H,30,31,34). The number of anilines is 3. The molecular formula is C25H28ClFN8O2. The van der Waals surface area contributed by atoms with Gasteiger partial charge in [0.1, 0.15) is 11.3 Å². The minimum Gasteiger partial charge on any atom is -0.381 e. The zero-order valence-electron chi connectivity index (χ0n) is 20.2. The number of hydrogen-bond donors (Lipinski definition) is 3. The van der Waals surface area contributed by atoms with Crippen molar-refractivity contribution in [1.82, 2.24) is 19.5 Å². The number of hydrogen-bond acceptors (Lipinski definition) is 8. The Hall–Kier alpha value is -3.49. The molecule has 2 aliphatic rings. The van der Waals surface area contributed by atoms with Crippen LogP contribution in [0.15, 0.2) is 18.3 Å². The van der Waals surface area contributed by atoms with Crippen LogP contribution in [0.1, 0.15) is 56.6 Å². The highest BCUT2D eigenvalue weighted by Gasteiger charge is 2.29. The first-order valence-corrected chi connectivity index (χ1v) is 12.9. The van der Waals surface area contributed by atoms with E-state index in [1.807, 2.05) is 10.6 Å². The molecule has 3 aromatic rings. The summed E-state index contributed by atoms with van der Waals surface area (Å²) >= 11 is 6.31. The number of carbonyl (C=O) groups excluding carboxylic acids is 1. The smallest absolute Gasteiger partial charge is 0.224 e. The van der Waals surface area contributed by atoms with Crippen LogP contribution in [0.5, 0.6) is 0 Å². The molecule has 194 valence electrons. The van der Waals surface area contributed by atoms with Gasteiger partial charge >= 0.3 is 0 Å². The molecule has 0 bridgehead atoms. The molecule has 4 N–H and O–H groups in total. The number of rotatable bonds is 6. The third kappa shape index (κ3) is 5.45. The van der Waals surface area contributed by atoms with E-state index in [1.165, 1.54) is 6.07 Å². The third-order valence-electron chi connectivity index (χ3n) is 7.09. The Kier molecular flexibility index (Phi) is 7.39. The summed E-state index contributed by atoms with van der Waals surface area (Å²) in [6, 6.07) is 4.58. The number of nitriles is 1. The van der Waals surface area contributed by atoms with Crippen molar-refractivity contribution in [2.24, 2.45) is 11.7 Å². The maximum atomic E-state index is 14.9. The summed E-state index contributed by atoms with van der Waals surface area (Å²) in [5.41, 5.74) is 6.82. The Morgan fingerprint density at radius 2 is 2.00 bits per heavy atom. The number of benzene rings is 1. The van der Waals surface area contributed by atoms with Crippen molar-refractivity contribution < 1.29 is 13.9 Å². The molecule has 2 aromatic heterocycles. The SMILES string of the molecule is N#Cc1cc(F)c(Nc2nc3cnc(NC4CCCOCC4)nc3n2C2CCC(C(N)=O)CC2)c(Cl)c1. The van der Waals surface area contributed by atoms with Gasteiger partial charge in [0.25, 0.3) is 0 Å². The van der Waals surface area contributed by atoms with E-state index in [0.717, 1.165) is 31.9 Å². The lowest BCUT2D eigenvalue weighted by molar-refractivity contribution is -0.122. The first-order valence-electron chi connectivity index (χ1n) is 12.5. The molecular weight excluding hydrogens is 499 g/mol. The number of halogens is 2. The molecule has 12 heteroatoms. The van der Waals surface area contributed by atoms with Crippen molar-refractivity contribution in [2.45, 2.75) is 57.0 Å². The highest BCUT2D eigenvalue weighted by atomic mass is 35.5. The number of primary amides is 1. The number of nitrogens with zero attached hydrogens (tertiary/aromatic N) is 5. The number of fused-ring (bicyclic) bond motifs is 1. The quantitative estimate of drug-likeness (QED) is 0.428. The fourth-order valence-corrected chi connectivity index (χ4v) is 5.37. The lowest BCUT2D eigenvalue weighted by Gasteiger charge is -2.29. The molecule has 2 fully saturated rings. The van der Waals surface area contributed by atoms with E-state index in [1.54, 1.807) is 6.20 Å². The maximum Gasteiger partial charge on any atom is 0.224 e. The second-order valence-corrected chi connectivity index (χ2v) is 9.96. The van der Waals surface area contributed by atoms with E-state index in [-0.39, 0.29) is 40.2 Å². The summed E-state index contributed by atoms with van der Waals surface area (Å²) in [4.78, 5) is 25.7. The molecule has 1 amide bonds. The van der Waals surface area contributed by atoms with E-state index in [2.05, 4.69) is 20.6 Å². The molecule has 1 atom stereocenters. The van der Waals surface area contributed by atoms with Gasteiger partial charge in [-0.2, -0.15) is 10.2 Å². The van der Waals surface area contributed by atoms with Crippen LogP contribution in [0.3, 0.4) is 0 Å². The summed E-state index contributed by atoms with van der Waals surface area (Å²) in [6.07, 6.45) is 7.08. The van der Waals surface area contributed by atoms with Crippen molar-refractivity contribution in [3.63, 3.8) is 0 Å². The number of nitrogens with one attached hydrogen (secondary N) is 2. The summed E-state index contributed by atoms with van der Waals surface area (Å²) in [5, 5.41) is 15.6. The molecule has 1 saturated heterocycles. The topological polar surface area (TPSA) is 144 Å². The molecule has 0 spiro atoms. The molecule has 1 saturated carbocycles. The van der Waals surface area contributed by atoms with Gasteiger partial charge < -0.3 is 21.1 Å². The van der Waals surface area contributed by atoms with Gasteiger partial charge in [0.15, 0.2) is 5.65 Å². The second-order valence-electron chi connectivity index (χ2n) is 9.55. The van der Waals surface area contributed by atoms with E-state index in [9.17, 15) is 9.18 Å². The van der Waals surface area contributed by atoms with Gasteiger partial charge in [0.05, 0.1) is 28.5 Å². The monoisotopic (exact) mass is 526 g/mol. The fourth-order valence-electron chi connectivity index (χ4n) is 5.11. The number of amides is 1. The van der Waals surface area contributed by atoms with Crippen LogP contribution < -0.4 is 16.4 Å². The van der Waals surface area contributed by atoms with Crippen molar-refractivity contribution >= 4 is 46.3 Å².